The van der Waals surface area contributed by atoms with Gasteiger partial charge >= 0.3 is 126 Å². The minimum absolute atomic E-state index is 0. The number of hydrogen-bond acceptors (Lipinski definition) is 3. The zero-order valence-electron chi connectivity index (χ0n) is 37.4. The van der Waals surface area contributed by atoms with E-state index in [4.69, 9.17) is 9.97 Å². The first kappa shape index (κ1) is 44.4. The van der Waals surface area contributed by atoms with Crippen molar-refractivity contribution < 1.29 is 20.1 Å². The molecule has 3 aromatic heterocycles. The minimum atomic E-state index is -1.86. The fraction of sp³-hybridized carbons (Fsp3) is 0.193. The molecular weight excluding hydrogens is 1020 g/mol. The molecule has 1 radical (unpaired) electrons. The summed E-state index contributed by atoms with van der Waals surface area (Å²) in [6.45, 7) is 11.4. The Morgan fingerprint density at radius 2 is 1.43 bits per heavy atom. The summed E-state index contributed by atoms with van der Waals surface area (Å²) in [7, 11) is 0. The van der Waals surface area contributed by atoms with E-state index >= 15 is 0 Å². The van der Waals surface area contributed by atoms with Crippen molar-refractivity contribution in [3.63, 3.8) is 0 Å². The first-order valence-corrected chi connectivity index (χ1v) is 29.9. The number of hydrogen-bond donors (Lipinski definition) is 0. The molecule has 0 amide bonds. The van der Waals surface area contributed by atoms with Crippen LogP contribution in [0.15, 0.2) is 158 Å². The summed E-state index contributed by atoms with van der Waals surface area (Å²) in [4.78, 5) is 10.1. The van der Waals surface area contributed by atoms with Crippen LogP contribution in [-0.2, 0) is 31.9 Å². The van der Waals surface area contributed by atoms with Crippen LogP contribution >= 0.6 is 11.3 Å². The zero-order valence-corrected chi connectivity index (χ0v) is 42.7. The molecule has 10 rings (SSSR count). The number of nitrogens with zero attached hydrogens (tertiary/aromatic N) is 3. The zero-order chi connectivity index (χ0) is 43.2. The second-order valence-electron chi connectivity index (χ2n) is 18.8. The molecule has 3 heterocycles. The van der Waals surface area contributed by atoms with Gasteiger partial charge in [-0.3, -0.25) is 4.98 Å². The minimum Gasteiger partial charge on any atom is 0 e. The number of pyridine rings is 1. The quantitative estimate of drug-likeness (QED) is 0.118. The van der Waals surface area contributed by atoms with Crippen molar-refractivity contribution in [1.29, 1.82) is 0 Å². The molecule has 0 aliphatic rings. The molecule has 0 fully saturated rings. The van der Waals surface area contributed by atoms with Crippen LogP contribution in [-0.4, -0.2) is 27.8 Å². The van der Waals surface area contributed by atoms with E-state index in [-0.39, 0.29) is 25.5 Å². The normalized spacial score (nSPS) is 11.9. The van der Waals surface area contributed by atoms with Gasteiger partial charge in [0.2, 0.25) is 0 Å². The molecule has 0 N–H and O–H groups in total. The maximum absolute atomic E-state index is 5.40. The Balaban J connectivity index is 0.000000219. The van der Waals surface area contributed by atoms with E-state index in [0.29, 0.717) is 5.92 Å². The molecule has 0 spiro atoms. The Kier molecular flexibility index (Phi) is 12.8. The van der Waals surface area contributed by atoms with E-state index in [1.54, 1.807) is 4.40 Å². The van der Waals surface area contributed by atoms with Crippen molar-refractivity contribution in [1.82, 2.24) is 14.5 Å². The predicted octanol–water partition coefficient (Wildman–Crippen LogP) is 15.3. The maximum Gasteiger partial charge on any atom is 0 e. The van der Waals surface area contributed by atoms with Gasteiger partial charge in [0.05, 0.1) is 16.9 Å². The van der Waals surface area contributed by atoms with Crippen molar-refractivity contribution in [2.45, 2.75) is 63.7 Å². The molecule has 0 unspecified atom stereocenters. The molecule has 63 heavy (non-hydrogen) atoms. The van der Waals surface area contributed by atoms with Gasteiger partial charge in [-0.1, -0.05) is 111 Å². The number of benzene rings is 7. The summed E-state index contributed by atoms with van der Waals surface area (Å²) in [5.74, 6) is 8.90. The van der Waals surface area contributed by atoms with Gasteiger partial charge in [-0.2, -0.15) is 11.3 Å². The smallest absolute Gasteiger partial charge is 0 e. The number of aromatic nitrogens is 3. The van der Waals surface area contributed by atoms with Gasteiger partial charge in [0.1, 0.15) is 0 Å². The second kappa shape index (κ2) is 18.1. The molecule has 0 aliphatic heterocycles. The van der Waals surface area contributed by atoms with Gasteiger partial charge in [0.15, 0.2) is 0 Å². The van der Waals surface area contributed by atoms with Crippen molar-refractivity contribution >= 4 is 71.0 Å². The van der Waals surface area contributed by atoms with Crippen molar-refractivity contribution in [3.8, 4) is 39.5 Å². The van der Waals surface area contributed by atoms with Crippen LogP contribution in [0.2, 0.25) is 17.3 Å². The summed E-state index contributed by atoms with van der Waals surface area (Å²) >= 11 is -0.0399. The molecule has 0 saturated carbocycles. The van der Waals surface area contributed by atoms with Gasteiger partial charge < -0.3 is 4.57 Å². The monoisotopic (exact) mass is 1080 g/mol. The largest absolute Gasteiger partial charge is 0 e. The van der Waals surface area contributed by atoms with E-state index < -0.39 is 13.3 Å². The second-order valence-corrected chi connectivity index (χ2v) is 30.5. The Hall–Kier alpha value is -5.17. The first-order chi connectivity index (χ1) is 29.8. The van der Waals surface area contributed by atoms with Gasteiger partial charge in [0.25, 0.3) is 0 Å². The fourth-order valence-electron chi connectivity index (χ4n) is 8.56. The Morgan fingerprint density at radius 1 is 0.698 bits per heavy atom. The maximum atomic E-state index is 5.40. The average molecular weight is 1080 g/mol. The summed E-state index contributed by atoms with van der Waals surface area (Å²) in [6.07, 6.45) is 3.27. The van der Waals surface area contributed by atoms with Crippen LogP contribution in [0, 0.1) is 18.1 Å². The van der Waals surface area contributed by atoms with Gasteiger partial charge in [-0.05, 0) is 56.3 Å². The van der Waals surface area contributed by atoms with Crippen LogP contribution in [0.3, 0.4) is 0 Å². The molecule has 317 valence electrons. The predicted molar refractivity (Wildman–Crippen MR) is 270 cm³/mol. The number of thiophene rings is 1. The molecule has 0 bridgehead atoms. The molecule has 7 aromatic carbocycles. The fourth-order valence-corrected chi connectivity index (χ4v) is 13.0. The topological polar surface area (TPSA) is 30.7 Å². The molecule has 3 nitrogen and oxygen atoms in total. The van der Waals surface area contributed by atoms with Crippen molar-refractivity contribution in [3.05, 3.63) is 181 Å². The Labute approximate surface area is 393 Å². The van der Waals surface area contributed by atoms with Crippen LogP contribution in [0.4, 0.5) is 0 Å². The van der Waals surface area contributed by atoms with Gasteiger partial charge in [-0.25, -0.2) is 0 Å². The van der Waals surface area contributed by atoms with E-state index in [9.17, 15) is 0 Å². The van der Waals surface area contributed by atoms with Crippen LogP contribution < -0.4 is 4.40 Å². The third kappa shape index (κ3) is 9.13. The van der Waals surface area contributed by atoms with E-state index in [1.165, 1.54) is 47.8 Å². The summed E-state index contributed by atoms with van der Waals surface area (Å²) < 4.78 is 6.43. The number of imidazole rings is 1. The number of rotatable bonds is 7. The van der Waals surface area contributed by atoms with Crippen LogP contribution in [0.25, 0.3) is 81.4 Å². The molecule has 0 aliphatic carbocycles. The van der Waals surface area contributed by atoms with Gasteiger partial charge in [-0.15, -0.1) is 23.8 Å². The number of fused-ring (bicyclic) bond motifs is 6. The Morgan fingerprint density at radius 3 is 2.16 bits per heavy atom. The SMILES string of the molecule is CC(C)(C)c1ccc(-n2c(-c3[c-]cc4sc5ccccc5c4c3)nc3c4ccccc4ccc32)c(-c2ccccc2)c1.CC(C)Cc1cc(-c2[c-]cccc2)nc[c]1[Ge]([CH3])([CH3])[CH3].[Ir]. The van der Waals surface area contributed by atoms with E-state index in [0.717, 1.165) is 51.2 Å². The summed E-state index contributed by atoms with van der Waals surface area (Å²) in [5, 5.41) is 4.88. The molecule has 0 saturated heterocycles. The van der Waals surface area contributed by atoms with Crippen LogP contribution in [0.1, 0.15) is 45.7 Å². The van der Waals surface area contributed by atoms with E-state index in [1.807, 2.05) is 29.5 Å². The summed E-state index contributed by atoms with van der Waals surface area (Å²) in [6, 6.07) is 60.9. The average Bonchev–Trinajstić information content (AvgIpc) is 3.85. The van der Waals surface area contributed by atoms with Gasteiger partial charge in [0, 0.05) is 41.4 Å². The molecular formula is C57H53GeIrN3S-2. The molecule has 0 atom stereocenters. The first-order valence-electron chi connectivity index (χ1n) is 21.7. The molecule has 6 heteroatoms. The van der Waals surface area contributed by atoms with Crippen molar-refractivity contribution in [2.24, 2.45) is 5.92 Å². The third-order valence-corrected chi connectivity index (χ3v) is 17.2. The third-order valence-electron chi connectivity index (χ3n) is 11.7. The standard InChI is InChI=1S/C39H29N2S.C18H24GeN.Ir/c1-39(2,3)28-19-21-33(31(24-28)25-11-5-4-6-12-25)41-34-20-17-26-13-7-8-14-29(26)37(34)40-38(41)27-18-22-36-32(23-27)30-15-9-10-16-35(30)42-36;1-14(2)11-16-12-18(15-9-7-6-8-10-15)20-13-17(16)19(3,4)5;/h4-17,19-24H,1-3H3;6-9,12-14H,11H2,1-5H3;/q2*-1;. The van der Waals surface area contributed by atoms with E-state index in [2.05, 4.69) is 208 Å². The molecule has 10 aromatic rings. The Bertz CT molecular complexity index is 3210. The van der Waals surface area contributed by atoms with Crippen molar-refractivity contribution in [2.75, 3.05) is 0 Å². The van der Waals surface area contributed by atoms with Crippen LogP contribution in [0.5, 0.6) is 0 Å². The summed E-state index contributed by atoms with van der Waals surface area (Å²) in [5.41, 5.74) is 11.6.